The summed E-state index contributed by atoms with van der Waals surface area (Å²) in [5, 5.41) is 4.39. The first kappa shape index (κ1) is 23.2. The van der Waals surface area contributed by atoms with Crippen LogP contribution in [0.2, 0.25) is 0 Å². The Morgan fingerprint density at radius 2 is 1.71 bits per heavy atom. The van der Waals surface area contributed by atoms with Crippen LogP contribution in [-0.2, 0) is 16.1 Å². The molecule has 0 spiro atoms. The number of pyridine rings is 1. The lowest BCUT2D eigenvalue weighted by Crippen LogP contribution is -2.43. The molecule has 0 aliphatic heterocycles. The van der Waals surface area contributed by atoms with Crippen LogP contribution in [-0.4, -0.2) is 33.7 Å². The number of nitrogens with one attached hydrogen (secondary N) is 2. The molecule has 7 nitrogen and oxygen atoms in total. The highest BCUT2D eigenvalue weighted by molar-refractivity contribution is 6.15. The van der Waals surface area contributed by atoms with Gasteiger partial charge in [0.2, 0.25) is 0 Å². The average molecular weight is 458 g/mol. The van der Waals surface area contributed by atoms with Crippen molar-refractivity contribution in [3.05, 3.63) is 77.6 Å². The number of carbonyl (C=O) groups excluding carboxylic acids is 3. The summed E-state index contributed by atoms with van der Waals surface area (Å²) in [4.78, 5) is 45.9. The standard InChI is InChI=1S/C27H27N3O4/c1-16(2)13-23(27(33)34-15-18-9-5-4-6-10-18)30-26(32)22-14-20-19-11-7-8-12-21(19)28-25(20)24(29-22)17(3)31/h4-12,14,16,23,28H,13,15H2,1-3H3,(H,30,32)/t23-/m0/s1. The maximum atomic E-state index is 13.2. The van der Waals surface area contributed by atoms with E-state index in [0.29, 0.717) is 11.9 Å². The van der Waals surface area contributed by atoms with Crippen molar-refractivity contribution < 1.29 is 19.1 Å². The number of rotatable bonds is 8. The molecule has 2 aromatic carbocycles. The molecule has 2 N–H and O–H groups in total. The van der Waals surface area contributed by atoms with Crippen LogP contribution >= 0.6 is 0 Å². The van der Waals surface area contributed by atoms with Crippen LogP contribution in [0, 0.1) is 5.92 Å². The van der Waals surface area contributed by atoms with Gasteiger partial charge in [0.05, 0.1) is 5.52 Å². The molecule has 7 heteroatoms. The number of benzene rings is 2. The molecule has 4 aromatic rings. The van der Waals surface area contributed by atoms with Crippen molar-refractivity contribution in [2.45, 2.75) is 39.8 Å². The number of para-hydroxylation sites is 1. The zero-order valence-electron chi connectivity index (χ0n) is 19.4. The molecule has 0 aliphatic carbocycles. The Morgan fingerprint density at radius 3 is 2.41 bits per heavy atom. The number of ketones is 1. The summed E-state index contributed by atoms with van der Waals surface area (Å²) in [6, 6.07) is 17.8. The summed E-state index contributed by atoms with van der Waals surface area (Å²) in [5.74, 6) is -1.15. The minimum absolute atomic E-state index is 0.0760. The lowest BCUT2D eigenvalue weighted by atomic mass is 10.0. The fraction of sp³-hybridized carbons (Fsp3) is 0.259. The largest absolute Gasteiger partial charge is 0.459 e. The number of nitrogens with zero attached hydrogens (tertiary/aromatic N) is 1. The van der Waals surface area contributed by atoms with E-state index in [1.165, 1.54) is 6.92 Å². The van der Waals surface area contributed by atoms with E-state index >= 15 is 0 Å². The highest BCUT2D eigenvalue weighted by Gasteiger charge is 2.26. The molecule has 34 heavy (non-hydrogen) atoms. The topological polar surface area (TPSA) is 101 Å². The Kier molecular flexibility index (Phi) is 6.72. The monoisotopic (exact) mass is 457 g/mol. The summed E-state index contributed by atoms with van der Waals surface area (Å²) in [6.45, 7) is 5.47. The van der Waals surface area contributed by atoms with Crippen LogP contribution in [0.15, 0.2) is 60.7 Å². The molecule has 1 amide bonds. The van der Waals surface area contributed by atoms with E-state index in [4.69, 9.17) is 4.74 Å². The maximum absolute atomic E-state index is 13.2. The van der Waals surface area contributed by atoms with Gasteiger partial charge >= 0.3 is 5.97 Å². The van der Waals surface area contributed by atoms with Gasteiger partial charge in [0, 0.05) is 23.2 Å². The van der Waals surface area contributed by atoms with E-state index < -0.39 is 17.9 Å². The molecule has 174 valence electrons. The van der Waals surface area contributed by atoms with Crippen LogP contribution in [0.5, 0.6) is 0 Å². The molecule has 0 unspecified atom stereocenters. The van der Waals surface area contributed by atoms with E-state index in [0.717, 1.165) is 21.9 Å². The van der Waals surface area contributed by atoms with Crippen LogP contribution < -0.4 is 5.32 Å². The Labute approximate surface area is 197 Å². The number of amides is 1. The highest BCUT2D eigenvalue weighted by atomic mass is 16.5. The SMILES string of the molecule is CC(=O)c1nc(C(=O)N[C@@H](CC(C)C)C(=O)OCc2ccccc2)cc2c1[nH]c1ccccc12. The van der Waals surface area contributed by atoms with E-state index in [9.17, 15) is 14.4 Å². The Balaban J connectivity index is 1.61. The van der Waals surface area contributed by atoms with E-state index in [1.54, 1.807) is 6.07 Å². The molecule has 0 fully saturated rings. The number of ether oxygens (including phenoxy) is 1. The molecule has 0 radical (unpaired) electrons. The molecule has 0 saturated carbocycles. The van der Waals surface area contributed by atoms with Gasteiger partial charge in [-0.05, 0) is 30.0 Å². The zero-order valence-corrected chi connectivity index (χ0v) is 19.4. The van der Waals surface area contributed by atoms with Gasteiger partial charge in [-0.1, -0.05) is 62.4 Å². The lowest BCUT2D eigenvalue weighted by molar-refractivity contribution is -0.147. The quantitative estimate of drug-likeness (QED) is 0.292. The first-order valence-corrected chi connectivity index (χ1v) is 11.3. The van der Waals surface area contributed by atoms with Crippen LogP contribution in [0.1, 0.15) is 53.7 Å². The molecule has 0 saturated heterocycles. The molecule has 4 rings (SSSR count). The summed E-state index contributed by atoms with van der Waals surface area (Å²) in [6.07, 6.45) is 0.411. The molecule has 0 aliphatic rings. The number of carbonyl (C=O) groups is 3. The third kappa shape index (κ3) is 4.98. The van der Waals surface area contributed by atoms with Gasteiger partial charge in [-0.25, -0.2) is 9.78 Å². The first-order chi connectivity index (χ1) is 16.3. The minimum Gasteiger partial charge on any atom is -0.459 e. The van der Waals surface area contributed by atoms with Gasteiger partial charge in [-0.15, -0.1) is 0 Å². The van der Waals surface area contributed by atoms with Crippen molar-refractivity contribution in [1.82, 2.24) is 15.3 Å². The van der Waals surface area contributed by atoms with Gasteiger partial charge < -0.3 is 15.0 Å². The van der Waals surface area contributed by atoms with Crippen LogP contribution in [0.25, 0.3) is 21.8 Å². The minimum atomic E-state index is -0.836. The third-order valence-corrected chi connectivity index (χ3v) is 5.58. The van der Waals surface area contributed by atoms with E-state index in [1.807, 2.05) is 68.4 Å². The number of H-pyrrole nitrogens is 1. The highest BCUT2D eigenvalue weighted by Crippen LogP contribution is 2.28. The molecular weight excluding hydrogens is 430 g/mol. The number of aromatic nitrogens is 2. The second-order valence-corrected chi connectivity index (χ2v) is 8.75. The van der Waals surface area contributed by atoms with E-state index in [-0.39, 0.29) is 29.7 Å². The summed E-state index contributed by atoms with van der Waals surface area (Å²) < 4.78 is 5.47. The number of fused-ring (bicyclic) bond motifs is 3. The maximum Gasteiger partial charge on any atom is 0.328 e. The second-order valence-electron chi connectivity index (χ2n) is 8.75. The smallest absolute Gasteiger partial charge is 0.328 e. The summed E-state index contributed by atoms with van der Waals surface area (Å²) in [5.41, 5.74) is 2.56. The second kappa shape index (κ2) is 9.87. The third-order valence-electron chi connectivity index (χ3n) is 5.58. The van der Waals surface area contributed by atoms with Crippen molar-refractivity contribution >= 4 is 39.5 Å². The van der Waals surface area contributed by atoms with Crippen molar-refractivity contribution in [2.75, 3.05) is 0 Å². The van der Waals surface area contributed by atoms with Crippen molar-refractivity contribution in [3.63, 3.8) is 0 Å². The van der Waals surface area contributed by atoms with E-state index in [2.05, 4.69) is 15.3 Å². The zero-order chi connectivity index (χ0) is 24.2. The molecule has 2 heterocycles. The van der Waals surface area contributed by atoms with Gasteiger partial charge in [0.25, 0.3) is 5.91 Å². The Hall–Kier alpha value is -4.00. The summed E-state index contributed by atoms with van der Waals surface area (Å²) in [7, 11) is 0. The molecule has 2 aromatic heterocycles. The van der Waals surface area contributed by atoms with Gasteiger partial charge in [-0.3, -0.25) is 9.59 Å². The van der Waals surface area contributed by atoms with Crippen LogP contribution in [0.4, 0.5) is 0 Å². The molecule has 0 bridgehead atoms. The number of aromatic amines is 1. The molecule has 1 atom stereocenters. The fourth-order valence-electron chi connectivity index (χ4n) is 3.96. The predicted octanol–water partition coefficient (Wildman–Crippen LogP) is 4.81. The van der Waals surface area contributed by atoms with Gasteiger partial charge in [0.15, 0.2) is 5.78 Å². The Bertz CT molecular complexity index is 1360. The fourth-order valence-corrected chi connectivity index (χ4v) is 3.96. The Morgan fingerprint density at radius 1 is 1.00 bits per heavy atom. The van der Waals surface area contributed by atoms with Crippen LogP contribution in [0.3, 0.4) is 0 Å². The van der Waals surface area contributed by atoms with Crippen molar-refractivity contribution in [3.8, 4) is 0 Å². The number of hydrogen-bond acceptors (Lipinski definition) is 5. The predicted molar refractivity (Wildman–Crippen MR) is 131 cm³/mol. The lowest BCUT2D eigenvalue weighted by Gasteiger charge is -2.19. The van der Waals surface area contributed by atoms with Gasteiger partial charge in [0.1, 0.15) is 24.0 Å². The summed E-state index contributed by atoms with van der Waals surface area (Å²) >= 11 is 0. The average Bonchev–Trinajstić information content (AvgIpc) is 3.20. The number of hydrogen-bond donors (Lipinski definition) is 2. The van der Waals surface area contributed by atoms with Crippen molar-refractivity contribution in [2.24, 2.45) is 5.92 Å². The van der Waals surface area contributed by atoms with Crippen molar-refractivity contribution in [1.29, 1.82) is 0 Å². The normalized spacial score (nSPS) is 12.1. The van der Waals surface area contributed by atoms with Gasteiger partial charge in [-0.2, -0.15) is 0 Å². The number of Topliss-reactive ketones (excluding diaryl/α,β-unsaturated/α-hetero) is 1. The number of esters is 1. The molecular formula is C27H27N3O4. The first-order valence-electron chi connectivity index (χ1n) is 11.3.